The first-order chi connectivity index (χ1) is 9.56. The highest BCUT2D eigenvalue weighted by atomic mass is 35.5. The summed E-state index contributed by atoms with van der Waals surface area (Å²) in [5, 5.41) is 0. The molecule has 1 nitrogen and oxygen atoms in total. The lowest BCUT2D eigenvalue weighted by Gasteiger charge is -2.59. The van der Waals surface area contributed by atoms with Crippen LogP contribution in [0, 0.1) is 34.5 Å². The normalized spacial score (nSPS) is 52.4. The number of halogens is 1. The first kappa shape index (κ1) is 15.8. The van der Waals surface area contributed by atoms with Gasteiger partial charge in [-0.1, -0.05) is 26.7 Å². The highest BCUT2D eigenvalue weighted by Crippen LogP contribution is 2.65. The van der Waals surface area contributed by atoms with Gasteiger partial charge in [-0.15, -0.1) is 12.4 Å². The van der Waals surface area contributed by atoms with Crippen molar-refractivity contribution < 1.29 is 4.79 Å². The van der Waals surface area contributed by atoms with Crippen LogP contribution in [0.5, 0.6) is 0 Å². The molecule has 4 fully saturated rings. The maximum atomic E-state index is 12.4. The summed E-state index contributed by atoms with van der Waals surface area (Å²) in [5.41, 5.74) is 0.688. The largest absolute Gasteiger partial charge is 0.299 e. The first-order valence-corrected chi connectivity index (χ1v) is 9.09. The zero-order valence-corrected chi connectivity index (χ0v) is 14.5. The summed E-state index contributed by atoms with van der Waals surface area (Å²) >= 11 is 0. The van der Waals surface area contributed by atoms with E-state index in [0.29, 0.717) is 11.2 Å². The molecule has 0 heterocycles. The zero-order valence-electron chi connectivity index (χ0n) is 13.7. The highest BCUT2D eigenvalue weighted by Gasteiger charge is 2.59. The second kappa shape index (κ2) is 5.25. The quantitative estimate of drug-likeness (QED) is 0.584. The van der Waals surface area contributed by atoms with Crippen molar-refractivity contribution in [1.29, 1.82) is 0 Å². The third-order valence-corrected chi connectivity index (χ3v) is 8.29. The summed E-state index contributed by atoms with van der Waals surface area (Å²) in [6, 6.07) is 0. The number of carbonyl (C=O) groups is 1. The third-order valence-electron chi connectivity index (χ3n) is 8.29. The molecule has 4 rings (SSSR count). The Morgan fingerprint density at radius 2 is 1.71 bits per heavy atom. The molecule has 0 aliphatic heterocycles. The molecule has 120 valence electrons. The fourth-order valence-electron chi connectivity index (χ4n) is 7.07. The fraction of sp³-hybridized carbons (Fsp3) is 0.947. The molecule has 4 saturated carbocycles. The van der Waals surface area contributed by atoms with Crippen molar-refractivity contribution in [2.75, 3.05) is 0 Å². The Morgan fingerprint density at radius 1 is 0.905 bits per heavy atom. The van der Waals surface area contributed by atoms with E-state index in [9.17, 15) is 4.79 Å². The Kier molecular flexibility index (Phi) is 3.96. The Labute approximate surface area is 136 Å². The van der Waals surface area contributed by atoms with Gasteiger partial charge in [-0.25, -0.2) is 0 Å². The van der Waals surface area contributed by atoms with E-state index in [-0.39, 0.29) is 17.8 Å². The van der Waals surface area contributed by atoms with Gasteiger partial charge in [-0.2, -0.15) is 0 Å². The first-order valence-electron chi connectivity index (χ1n) is 9.09. The van der Waals surface area contributed by atoms with Crippen LogP contribution in [0.2, 0.25) is 0 Å². The third kappa shape index (κ3) is 2.06. The molecule has 0 amide bonds. The van der Waals surface area contributed by atoms with Gasteiger partial charge in [0.2, 0.25) is 0 Å². The van der Waals surface area contributed by atoms with Crippen LogP contribution < -0.4 is 0 Å². The van der Waals surface area contributed by atoms with Crippen LogP contribution >= 0.6 is 12.4 Å². The summed E-state index contributed by atoms with van der Waals surface area (Å²) in [6.07, 6.45) is 13.4. The number of ketones is 1. The van der Waals surface area contributed by atoms with Crippen LogP contribution in [0.3, 0.4) is 0 Å². The minimum absolute atomic E-state index is 0. The molecule has 4 aliphatic rings. The number of carbonyl (C=O) groups excluding carboxylic acids is 1. The molecule has 6 atom stereocenters. The molecular weight excluding hydrogens is 280 g/mol. The molecule has 0 radical (unpaired) electrons. The van der Waals surface area contributed by atoms with Crippen molar-refractivity contribution in [1.82, 2.24) is 0 Å². The van der Waals surface area contributed by atoms with Gasteiger partial charge in [-0.3, -0.25) is 4.79 Å². The van der Waals surface area contributed by atoms with Gasteiger partial charge in [0.15, 0.2) is 0 Å². The molecule has 2 heteroatoms. The topological polar surface area (TPSA) is 17.1 Å². The Bertz CT molecular complexity index is 433. The molecule has 0 spiro atoms. The highest BCUT2D eigenvalue weighted by molar-refractivity contribution is 5.87. The average molecular weight is 311 g/mol. The fourth-order valence-corrected chi connectivity index (χ4v) is 7.07. The summed E-state index contributed by atoms with van der Waals surface area (Å²) in [4.78, 5) is 12.4. The minimum atomic E-state index is 0. The monoisotopic (exact) mass is 310 g/mol. The van der Waals surface area contributed by atoms with E-state index in [1.807, 2.05) is 0 Å². The van der Waals surface area contributed by atoms with Gasteiger partial charge in [0, 0.05) is 11.8 Å². The van der Waals surface area contributed by atoms with Gasteiger partial charge in [-0.05, 0) is 74.0 Å². The standard InChI is InChI=1S/C19H30O.ClH/c1-18-11-4-3-5-13(18)6-7-14-15-8-9-17(20)19(15,2)12-10-16(14)18;/h13-16H,3-12H2,1-2H3;1H/t13-,14+,15+,16+,18+,19+;/m1./s1. The van der Waals surface area contributed by atoms with Gasteiger partial charge in [0.05, 0.1) is 0 Å². The number of hydrogen-bond acceptors (Lipinski definition) is 1. The van der Waals surface area contributed by atoms with Crippen molar-refractivity contribution in [2.24, 2.45) is 34.5 Å². The maximum Gasteiger partial charge on any atom is 0.139 e. The van der Waals surface area contributed by atoms with Crippen molar-refractivity contribution >= 4 is 18.2 Å². The van der Waals surface area contributed by atoms with E-state index >= 15 is 0 Å². The van der Waals surface area contributed by atoms with Gasteiger partial charge in [0.1, 0.15) is 5.78 Å². The second-order valence-electron chi connectivity index (χ2n) is 8.82. The van der Waals surface area contributed by atoms with Crippen molar-refractivity contribution in [3.63, 3.8) is 0 Å². The second-order valence-corrected chi connectivity index (χ2v) is 8.82. The van der Waals surface area contributed by atoms with Crippen LogP contribution in [0.4, 0.5) is 0 Å². The maximum absolute atomic E-state index is 12.4. The number of Topliss-reactive ketones (excluding diaryl/α,β-unsaturated/α-hetero) is 1. The molecule has 0 bridgehead atoms. The number of hydrogen-bond donors (Lipinski definition) is 0. The molecule has 0 saturated heterocycles. The molecule has 0 N–H and O–H groups in total. The Hall–Kier alpha value is -0.0400. The minimum Gasteiger partial charge on any atom is -0.299 e. The summed E-state index contributed by atoms with van der Waals surface area (Å²) in [7, 11) is 0. The summed E-state index contributed by atoms with van der Waals surface area (Å²) in [6.45, 7) is 4.92. The molecule has 0 aromatic carbocycles. The van der Waals surface area contributed by atoms with E-state index in [1.165, 1.54) is 57.8 Å². The van der Waals surface area contributed by atoms with Gasteiger partial charge < -0.3 is 0 Å². The lowest BCUT2D eigenvalue weighted by molar-refractivity contribution is -0.138. The number of fused-ring (bicyclic) bond motifs is 5. The summed E-state index contributed by atoms with van der Waals surface area (Å²) < 4.78 is 0. The smallest absolute Gasteiger partial charge is 0.139 e. The van der Waals surface area contributed by atoms with Crippen molar-refractivity contribution in [2.45, 2.75) is 78.1 Å². The van der Waals surface area contributed by atoms with Crippen LogP contribution in [-0.4, -0.2) is 5.78 Å². The van der Waals surface area contributed by atoms with E-state index in [4.69, 9.17) is 0 Å². The van der Waals surface area contributed by atoms with E-state index in [1.54, 1.807) is 0 Å². The predicted octanol–water partition coefficient (Wildman–Crippen LogP) is 5.41. The van der Waals surface area contributed by atoms with Gasteiger partial charge >= 0.3 is 0 Å². The molecule has 0 aromatic rings. The SMILES string of the molecule is C[C@]12CCCC[C@@H]1CC[C@@H]1[C@@H]2CC[C@]2(C)C(=O)CC[C@@H]12.Cl. The zero-order chi connectivity index (χ0) is 14.0. The van der Waals surface area contributed by atoms with Crippen LogP contribution in [0.25, 0.3) is 0 Å². The molecule has 0 unspecified atom stereocenters. The van der Waals surface area contributed by atoms with E-state index in [2.05, 4.69) is 13.8 Å². The molecule has 0 aromatic heterocycles. The van der Waals surface area contributed by atoms with Crippen LogP contribution in [-0.2, 0) is 4.79 Å². The Morgan fingerprint density at radius 3 is 2.52 bits per heavy atom. The van der Waals surface area contributed by atoms with Crippen LogP contribution in [0.1, 0.15) is 78.1 Å². The van der Waals surface area contributed by atoms with E-state index in [0.717, 1.165) is 30.1 Å². The van der Waals surface area contributed by atoms with E-state index < -0.39 is 0 Å². The molecular formula is C19H31ClO. The molecule has 21 heavy (non-hydrogen) atoms. The van der Waals surface area contributed by atoms with Crippen LogP contribution in [0.15, 0.2) is 0 Å². The lowest BCUT2D eigenvalue weighted by atomic mass is 9.45. The summed E-state index contributed by atoms with van der Waals surface area (Å²) in [5.74, 6) is 4.13. The van der Waals surface area contributed by atoms with Crippen molar-refractivity contribution in [3.8, 4) is 0 Å². The lowest BCUT2D eigenvalue weighted by Crippen LogP contribution is -2.52. The Balaban J connectivity index is 0.00000132. The van der Waals surface area contributed by atoms with Gasteiger partial charge in [0.25, 0.3) is 0 Å². The average Bonchev–Trinajstić information content (AvgIpc) is 2.74. The molecule has 4 aliphatic carbocycles. The van der Waals surface area contributed by atoms with Crippen molar-refractivity contribution in [3.05, 3.63) is 0 Å². The number of rotatable bonds is 0. The predicted molar refractivity (Wildman–Crippen MR) is 88.6 cm³/mol.